The number of thiophene rings is 1. The van der Waals surface area contributed by atoms with Crippen LogP contribution in [0.3, 0.4) is 0 Å². The number of aryl methyl sites for hydroxylation is 1. The van der Waals surface area contributed by atoms with E-state index in [1.807, 2.05) is 13.1 Å². The number of nitrogens with one attached hydrogen (secondary N) is 2. The first-order chi connectivity index (χ1) is 13.6. The lowest BCUT2D eigenvalue weighted by Gasteiger charge is -2.19. The van der Waals surface area contributed by atoms with Crippen molar-refractivity contribution in [2.45, 2.75) is 32.5 Å². The monoisotopic (exact) mass is 402 g/mol. The van der Waals surface area contributed by atoms with E-state index < -0.39 is 0 Å². The van der Waals surface area contributed by atoms with Gasteiger partial charge >= 0.3 is 0 Å². The zero-order valence-electron chi connectivity index (χ0n) is 17.1. The smallest absolute Gasteiger partial charge is 0.191 e. The molecule has 1 fully saturated rings. The second-order valence-electron chi connectivity index (χ2n) is 7.04. The third-order valence-corrected chi connectivity index (χ3v) is 6.06. The molecular formula is C21H30N4O2S. The molecule has 1 atom stereocenters. The maximum atomic E-state index is 5.38. The number of guanidine groups is 1. The predicted molar refractivity (Wildman–Crippen MR) is 116 cm³/mol. The molecule has 1 aromatic heterocycles. The third kappa shape index (κ3) is 5.39. The van der Waals surface area contributed by atoms with Gasteiger partial charge in [-0.15, -0.1) is 11.3 Å². The molecule has 2 aromatic rings. The van der Waals surface area contributed by atoms with E-state index in [9.17, 15) is 0 Å². The normalized spacial score (nSPS) is 17.6. The van der Waals surface area contributed by atoms with E-state index in [-0.39, 0.29) is 0 Å². The van der Waals surface area contributed by atoms with Crippen LogP contribution in [0.25, 0.3) is 0 Å². The van der Waals surface area contributed by atoms with E-state index in [4.69, 9.17) is 9.47 Å². The number of nitrogens with zero attached hydrogens (tertiary/aromatic N) is 2. The van der Waals surface area contributed by atoms with Crippen molar-refractivity contribution in [1.29, 1.82) is 0 Å². The summed E-state index contributed by atoms with van der Waals surface area (Å²) < 4.78 is 10.8. The molecule has 0 amide bonds. The zero-order valence-corrected chi connectivity index (χ0v) is 17.9. The second kappa shape index (κ2) is 9.80. The lowest BCUT2D eigenvalue weighted by Crippen LogP contribution is -2.44. The fourth-order valence-electron chi connectivity index (χ4n) is 3.45. The summed E-state index contributed by atoms with van der Waals surface area (Å²) >= 11 is 1.78. The highest BCUT2D eigenvalue weighted by Gasteiger charge is 2.23. The van der Waals surface area contributed by atoms with Crippen LogP contribution < -0.4 is 20.1 Å². The number of ether oxygens (including phenoxy) is 2. The maximum Gasteiger partial charge on any atom is 0.191 e. The van der Waals surface area contributed by atoms with Gasteiger partial charge in [-0.1, -0.05) is 0 Å². The summed E-state index contributed by atoms with van der Waals surface area (Å²) in [7, 11) is 5.20. The molecule has 7 heteroatoms. The van der Waals surface area contributed by atoms with Gasteiger partial charge in [-0.25, -0.2) is 0 Å². The van der Waals surface area contributed by atoms with Gasteiger partial charge in [-0.3, -0.25) is 9.89 Å². The Hall–Kier alpha value is -2.25. The highest BCUT2D eigenvalue weighted by Crippen LogP contribution is 2.24. The minimum atomic E-state index is 0.392. The number of hydrogen-bond donors (Lipinski definition) is 2. The van der Waals surface area contributed by atoms with Crippen molar-refractivity contribution in [2.75, 3.05) is 34.4 Å². The SMILES string of the molecule is CN=C(NCc1sccc1C)NC1CCN(Cc2cc(OC)cc(OC)c2)C1. The van der Waals surface area contributed by atoms with E-state index in [1.54, 1.807) is 25.6 Å². The van der Waals surface area contributed by atoms with Crippen molar-refractivity contribution in [1.82, 2.24) is 15.5 Å². The van der Waals surface area contributed by atoms with Crippen molar-refractivity contribution < 1.29 is 9.47 Å². The Kier molecular flexibility index (Phi) is 7.17. The van der Waals surface area contributed by atoms with E-state index >= 15 is 0 Å². The number of likely N-dealkylation sites (tertiary alicyclic amines) is 1. The standard InChI is InChI=1S/C21H30N4O2S/c1-15-6-8-28-20(15)12-23-21(22-2)24-17-5-7-25(14-17)13-16-9-18(26-3)11-19(10-16)27-4/h6,8-11,17H,5,7,12-14H2,1-4H3,(H2,22,23,24). The molecule has 1 saturated heterocycles. The Bertz CT molecular complexity index is 783. The van der Waals surface area contributed by atoms with Crippen LogP contribution in [0, 0.1) is 6.92 Å². The summed E-state index contributed by atoms with van der Waals surface area (Å²) in [5, 5.41) is 9.12. The third-order valence-electron chi connectivity index (χ3n) is 5.04. The Morgan fingerprint density at radius 1 is 1.25 bits per heavy atom. The molecule has 1 aromatic carbocycles. The molecule has 152 valence electrons. The average molecular weight is 403 g/mol. The molecule has 6 nitrogen and oxygen atoms in total. The van der Waals surface area contributed by atoms with Crippen LogP contribution in [-0.4, -0.2) is 51.3 Å². The second-order valence-corrected chi connectivity index (χ2v) is 8.04. The Balaban J connectivity index is 1.51. The number of hydrogen-bond acceptors (Lipinski definition) is 5. The molecule has 0 radical (unpaired) electrons. The van der Waals surface area contributed by atoms with Gasteiger partial charge in [-0.05, 0) is 48.1 Å². The Morgan fingerprint density at radius 3 is 2.61 bits per heavy atom. The van der Waals surface area contributed by atoms with Crippen molar-refractivity contribution in [2.24, 2.45) is 4.99 Å². The lowest BCUT2D eigenvalue weighted by molar-refractivity contribution is 0.321. The number of aliphatic imine (C=N–C) groups is 1. The van der Waals surface area contributed by atoms with Crippen LogP contribution in [0.4, 0.5) is 0 Å². The molecule has 3 rings (SSSR count). The van der Waals surface area contributed by atoms with Crippen molar-refractivity contribution in [3.05, 3.63) is 45.6 Å². The topological polar surface area (TPSA) is 58.1 Å². The quantitative estimate of drug-likeness (QED) is 0.551. The summed E-state index contributed by atoms with van der Waals surface area (Å²) in [4.78, 5) is 8.18. The van der Waals surface area contributed by atoms with Gasteiger partial charge in [0.05, 0.1) is 20.8 Å². The zero-order chi connectivity index (χ0) is 19.9. The van der Waals surface area contributed by atoms with Crippen molar-refractivity contribution >= 4 is 17.3 Å². The molecule has 1 aliphatic rings. The van der Waals surface area contributed by atoms with E-state index in [1.165, 1.54) is 16.0 Å². The summed E-state index contributed by atoms with van der Waals surface area (Å²) in [5.41, 5.74) is 2.53. The fraction of sp³-hybridized carbons (Fsp3) is 0.476. The first-order valence-electron chi connectivity index (χ1n) is 9.55. The molecule has 2 heterocycles. The summed E-state index contributed by atoms with van der Waals surface area (Å²) in [5.74, 6) is 2.52. The number of benzene rings is 1. The predicted octanol–water partition coefficient (Wildman–Crippen LogP) is 3.01. The molecule has 0 saturated carbocycles. The van der Waals surface area contributed by atoms with Crippen molar-refractivity contribution in [3.63, 3.8) is 0 Å². The highest BCUT2D eigenvalue weighted by molar-refractivity contribution is 7.10. The van der Waals surface area contributed by atoms with Gasteiger partial charge in [0.25, 0.3) is 0 Å². The van der Waals surface area contributed by atoms with Crippen LogP contribution in [0.2, 0.25) is 0 Å². The lowest BCUT2D eigenvalue weighted by atomic mass is 10.2. The van der Waals surface area contributed by atoms with E-state index in [2.05, 4.69) is 51.0 Å². The molecule has 0 spiro atoms. The first kappa shape index (κ1) is 20.5. The summed E-state index contributed by atoms with van der Waals surface area (Å²) in [6.07, 6.45) is 1.10. The van der Waals surface area contributed by atoms with Crippen LogP contribution in [-0.2, 0) is 13.1 Å². The fourth-order valence-corrected chi connectivity index (χ4v) is 4.29. The van der Waals surface area contributed by atoms with Gasteiger partial charge in [0.2, 0.25) is 0 Å². The maximum absolute atomic E-state index is 5.38. The van der Waals surface area contributed by atoms with E-state index in [0.717, 1.165) is 50.1 Å². The molecule has 1 aliphatic heterocycles. The van der Waals surface area contributed by atoms with Crippen LogP contribution in [0.15, 0.2) is 34.6 Å². The first-order valence-corrected chi connectivity index (χ1v) is 10.4. The summed E-state index contributed by atoms with van der Waals surface area (Å²) in [6.45, 7) is 5.87. The highest BCUT2D eigenvalue weighted by atomic mass is 32.1. The molecule has 1 unspecified atom stereocenters. The van der Waals surface area contributed by atoms with Gasteiger partial charge in [0.1, 0.15) is 11.5 Å². The van der Waals surface area contributed by atoms with Gasteiger partial charge in [0, 0.05) is 43.7 Å². The van der Waals surface area contributed by atoms with E-state index in [0.29, 0.717) is 6.04 Å². The summed E-state index contributed by atoms with van der Waals surface area (Å²) in [6, 6.07) is 8.60. The van der Waals surface area contributed by atoms with Crippen LogP contribution >= 0.6 is 11.3 Å². The van der Waals surface area contributed by atoms with Gasteiger partial charge < -0.3 is 20.1 Å². The number of methoxy groups -OCH3 is 2. The Morgan fingerprint density at radius 2 is 2.00 bits per heavy atom. The van der Waals surface area contributed by atoms with Crippen LogP contribution in [0.5, 0.6) is 11.5 Å². The average Bonchev–Trinajstić information content (AvgIpc) is 3.33. The van der Waals surface area contributed by atoms with Gasteiger partial charge in [0.15, 0.2) is 5.96 Å². The largest absolute Gasteiger partial charge is 0.497 e. The molecule has 0 aliphatic carbocycles. The van der Waals surface area contributed by atoms with Crippen molar-refractivity contribution in [3.8, 4) is 11.5 Å². The molecule has 0 bridgehead atoms. The van der Waals surface area contributed by atoms with Crippen LogP contribution in [0.1, 0.15) is 22.4 Å². The minimum absolute atomic E-state index is 0.392. The Labute approximate surface area is 171 Å². The number of rotatable bonds is 7. The minimum Gasteiger partial charge on any atom is -0.497 e. The molecular weight excluding hydrogens is 372 g/mol. The van der Waals surface area contributed by atoms with Gasteiger partial charge in [-0.2, -0.15) is 0 Å². The molecule has 28 heavy (non-hydrogen) atoms. The molecule has 2 N–H and O–H groups in total.